The molecule has 0 aliphatic carbocycles. The van der Waals surface area contributed by atoms with E-state index in [1.54, 1.807) is 0 Å². The van der Waals surface area contributed by atoms with E-state index in [0.29, 0.717) is 24.0 Å². The molecular formula is C12H14ClN3O2S. The molecule has 0 saturated carbocycles. The monoisotopic (exact) mass is 299 g/mol. The van der Waals surface area contributed by atoms with Crippen molar-refractivity contribution < 1.29 is 9.84 Å². The first kappa shape index (κ1) is 14.2. The average molecular weight is 300 g/mol. The summed E-state index contributed by atoms with van der Waals surface area (Å²) in [7, 11) is 0. The van der Waals surface area contributed by atoms with Gasteiger partial charge in [0.1, 0.15) is 18.9 Å². The van der Waals surface area contributed by atoms with Crippen molar-refractivity contribution in [1.29, 1.82) is 0 Å². The number of hydrogen-bond acceptors (Lipinski definition) is 6. The molecule has 0 fully saturated rings. The maximum Gasteiger partial charge on any atom is 0.245 e. The van der Waals surface area contributed by atoms with Crippen molar-refractivity contribution in [2.24, 2.45) is 0 Å². The van der Waals surface area contributed by atoms with Gasteiger partial charge in [-0.3, -0.25) is 0 Å². The minimum Gasteiger partial charge on any atom is -0.473 e. The lowest BCUT2D eigenvalue weighted by Crippen LogP contribution is -2.31. The largest absolute Gasteiger partial charge is 0.473 e. The van der Waals surface area contributed by atoms with E-state index in [-0.39, 0.29) is 6.61 Å². The van der Waals surface area contributed by atoms with Gasteiger partial charge in [0.05, 0.1) is 11.7 Å². The Kier molecular flexibility index (Phi) is 5.53. The van der Waals surface area contributed by atoms with E-state index in [0.717, 1.165) is 17.3 Å². The Labute approximate surface area is 120 Å². The summed E-state index contributed by atoms with van der Waals surface area (Å²) in [5.41, 5.74) is 1.07. The molecule has 0 spiro atoms. The number of rotatable bonds is 7. The Morgan fingerprint density at radius 3 is 3.11 bits per heavy atom. The molecule has 0 bridgehead atoms. The zero-order chi connectivity index (χ0) is 13.5. The van der Waals surface area contributed by atoms with Crippen molar-refractivity contribution in [2.75, 3.05) is 13.2 Å². The molecule has 19 heavy (non-hydrogen) atoms. The Hall–Kier alpha value is -1.21. The predicted molar refractivity (Wildman–Crippen MR) is 74.6 cm³/mol. The molecule has 1 atom stereocenters. The predicted octanol–water partition coefficient (Wildman–Crippen LogP) is 1.72. The van der Waals surface area contributed by atoms with Crippen LogP contribution in [0.3, 0.4) is 0 Å². The lowest BCUT2D eigenvalue weighted by Gasteiger charge is -2.11. The number of ether oxygens (including phenoxy) is 1. The zero-order valence-electron chi connectivity index (χ0n) is 10.1. The van der Waals surface area contributed by atoms with Gasteiger partial charge in [0, 0.05) is 18.1 Å². The van der Waals surface area contributed by atoms with Crippen LogP contribution < -0.4 is 10.1 Å². The van der Waals surface area contributed by atoms with E-state index in [9.17, 15) is 5.11 Å². The van der Waals surface area contributed by atoms with Gasteiger partial charge in [0.2, 0.25) is 5.88 Å². The fourth-order valence-corrected chi connectivity index (χ4v) is 2.07. The molecule has 2 N–H and O–H groups in total. The molecule has 0 aliphatic rings. The first-order valence-corrected chi connectivity index (χ1v) is 6.88. The molecule has 2 rings (SSSR count). The molecule has 5 nitrogen and oxygen atoms in total. The molecule has 0 amide bonds. The summed E-state index contributed by atoms with van der Waals surface area (Å²) in [5, 5.41) is 13.6. The van der Waals surface area contributed by atoms with Crippen LogP contribution >= 0.6 is 23.3 Å². The first-order valence-electron chi connectivity index (χ1n) is 5.77. The third kappa shape index (κ3) is 5.12. The second kappa shape index (κ2) is 7.40. The van der Waals surface area contributed by atoms with E-state index >= 15 is 0 Å². The molecule has 102 valence electrons. The van der Waals surface area contributed by atoms with Crippen molar-refractivity contribution in [3.63, 3.8) is 0 Å². The van der Waals surface area contributed by atoms with Crippen LogP contribution in [0.15, 0.2) is 30.5 Å². The van der Waals surface area contributed by atoms with Crippen LogP contribution in [0.25, 0.3) is 0 Å². The molecule has 0 saturated heterocycles. The van der Waals surface area contributed by atoms with Gasteiger partial charge >= 0.3 is 0 Å². The van der Waals surface area contributed by atoms with E-state index in [1.165, 1.54) is 6.20 Å². The molecule has 1 heterocycles. The summed E-state index contributed by atoms with van der Waals surface area (Å²) in [6, 6.07) is 7.59. The minimum absolute atomic E-state index is 0.188. The normalized spacial score (nSPS) is 12.3. The Morgan fingerprint density at radius 2 is 2.37 bits per heavy atom. The number of aliphatic hydroxyl groups excluding tert-OH is 1. The number of benzene rings is 1. The second-order valence-corrected chi connectivity index (χ2v) is 4.96. The summed E-state index contributed by atoms with van der Waals surface area (Å²) < 4.78 is 12.9. The van der Waals surface area contributed by atoms with E-state index < -0.39 is 6.10 Å². The number of nitrogens with zero attached hydrogens (tertiary/aromatic N) is 2. The number of halogens is 1. The molecule has 1 aromatic heterocycles. The summed E-state index contributed by atoms with van der Waals surface area (Å²) in [6.45, 7) is 1.27. The quantitative estimate of drug-likeness (QED) is 0.815. The van der Waals surface area contributed by atoms with E-state index in [2.05, 4.69) is 14.1 Å². The molecular weight excluding hydrogens is 286 g/mol. The maximum absolute atomic E-state index is 9.72. The fraction of sp³-hybridized carbons (Fsp3) is 0.333. The first-order chi connectivity index (χ1) is 9.24. The van der Waals surface area contributed by atoms with Gasteiger partial charge in [-0.15, -0.1) is 4.37 Å². The fourth-order valence-electron chi connectivity index (χ4n) is 1.49. The summed E-state index contributed by atoms with van der Waals surface area (Å²) in [4.78, 5) is 0. The van der Waals surface area contributed by atoms with Crippen molar-refractivity contribution in [3.05, 3.63) is 41.0 Å². The highest BCUT2D eigenvalue weighted by Gasteiger charge is 2.06. The molecule has 7 heteroatoms. The number of hydrogen-bond donors (Lipinski definition) is 2. The Balaban J connectivity index is 1.65. The van der Waals surface area contributed by atoms with Gasteiger partial charge in [-0.2, -0.15) is 4.37 Å². The minimum atomic E-state index is -0.596. The van der Waals surface area contributed by atoms with Crippen LogP contribution in [-0.2, 0) is 6.54 Å². The van der Waals surface area contributed by atoms with Gasteiger partial charge in [-0.05, 0) is 17.7 Å². The SMILES string of the molecule is OC(CNCc1cccc(Cl)c1)COc1cnsn1. The smallest absolute Gasteiger partial charge is 0.245 e. The van der Waals surface area contributed by atoms with Crippen molar-refractivity contribution in [3.8, 4) is 5.88 Å². The van der Waals surface area contributed by atoms with E-state index in [4.69, 9.17) is 16.3 Å². The number of aromatic nitrogens is 2. The van der Waals surface area contributed by atoms with Crippen LogP contribution in [0.1, 0.15) is 5.56 Å². The van der Waals surface area contributed by atoms with Gasteiger partial charge in [0.25, 0.3) is 0 Å². The second-order valence-electron chi connectivity index (χ2n) is 3.97. The highest BCUT2D eigenvalue weighted by molar-refractivity contribution is 6.99. The topological polar surface area (TPSA) is 67.3 Å². The van der Waals surface area contributed by atoms with Crippen LogP contribution in [0.2, 0.25) is 5.02 Å². The lowest BCUT2D eigenvalue weighted by atomic mass is 10.2. The van der Waals surface area contributed by atoms with Crippen molar-refractivity contribution >= 4 is 23.3 Å². The lowest BCUT2D eigenvalue weighted by molar-refractivity contribution is 0.104. The number of nitrogens with one attached hydrogen (secondary N) is 1. The van der Waals surface area contributed by atoms with Gasteiger partial charge < -0.3 is 15.2 Å². The van der Waals surface area contributed by atoms with E-state index in [1.807, 2.05) is 24.3 Å². The zero-order valence-corrected chi connectivity index (χ0v) is 11.7. The number of aliphatic hydroxyl groups is 1. The van der Waals surface area contributed by atoms with Gasteiger partial charge in [0.15, 0.2) is 0 Å². The molecule has 1 unspecified atom stereocenters. The third-order valence-corrected chi connectivity index (χ3v) is 3.06. The Morgan fingerprint density at radius 1 is 1.47 bits per heavy atom. The van der Waals surface area contributed by atoms with Crippen LogP contribution in [-0.4, -0.2) is 33.1 Å². The molecule has 0 aliphatic heterocycles. The summed E-state index contributed by atoms with van der Waals surface area (Å²) >= 11 is 6.96. The summed E-state index contributed by atoms with van der Waals surface area (Å²) in [6.07, 6.45) is 0.928. The highest BCUT2D eigenvalue weighted by atomic mass is 35.5. The maximum atomic E-state index is 9.72. The van der Waals surface area contributed by atoms with Crippen LogP contribution in [0, 0.1) is 0 Å². The third-order valence-electron chi connectivity index (χ3n) is 2.36. The van der Waals surface area contributed by atoms with Gasteiger partial charge in [-0.1, -0.05) is 23.7 Å². The average Bonchev–Trinajstić information content (AvgIpc) is 2.89. The van der Waals surface area contributed by atoms with Crippen LogP contribution in [0.4, 0.5) is 0 Å². The molecule has 1 aromatic carbocycles. The standard InChI is InChI=1S/C12H14ClN3O2S/c13-10-3-1-2-9(4-10)5-14-6-11(17)8-18-12-7-15-19-16-12/h1-4,7,11,14,17H,5-6,8H2. The highest BCUT2D eigenvalue weighted by Crippen LogP contribution is 2.10. The van der Waals surface area contributed by atoms with Crippen molar-refractivity contribution in [2.45, 2.75) is 12.6 Å². The molecule has 2 aromatic rings. The Bertz CT molecular complexity index is 495. The van der Waals surface area contributed by atoms with Crippen LogP contribution in [0.5, 0.6) is 5.88 Å². The van der Waals surface area contributed by atoms with Crippen molar-refractivity contribution in [1.82, 2.24) is 14.1 Å². The summed E-state index contributed by atoms with van der Waals surface area (Å²) in [5.74, 6) is 0.443. The van der Waals surface area contributed by atoms with Gasteiger partial charge in [-0.25, -0.2) is 0 Å². The molecule has 0 radical (unpaired) electrons.